The van der Waals surface area contributed by atoms with Gasteiger partial charge in [0.2, 0.25) is 6.43 Å². The maximum absolute atomic E-state index is 13.0. The number of hydrogen-bond donors (Lipinski definition) is 0. The van der Waals surface area contributed by atoms with Gasteiger partial charge >= 0.3 is 0 Å². The highest BCUT2D eigenvalue weighted by atomic mass is 32.2. The number of hydrogen-bond acceptors (Lipinski definition) is 5. The largest absolute Gasteiger partial charge is 0.371 e. The third-order valence-electron chi connectivity index (χ3n) is 4.59. The first-order valence-corrected chi connectivity index (χ1v) is 9.34. The fourth-order valence-electron chi connectivity index (χ4n) is 3.23. The molecular weight excluding hydrogens is 346 g/mol. The topological polar surface area (TPSA) is 34.1 Å². The van der Waals surface area contributed by atoms with Crippen molar-refractivity contribution in [1.82, 2.24) is 4.90 Å². The zero-order valence-corrected chi connectivity index (χ0v) is 15.5. The summed E-state index contributed by atoms with van der Waals surface area (Å²) < 4.78 is 38.0. The highest BCUT2D eigenvalue weighted by Gasteiger charge is 2.49. The minimum Gasteiger partial charge on any atom is -0.371 e. The van der Waals surface area contributed by atoms with Crippen LogP contribution in [0.5, 0.6) is 0 Å². The molecule has 0 unspecified atom stereocenters. The second kappa shape index (κ2) is 8.01. The summed E-state index contributed by atoms with van der Waals surface area (Å²) in [7, 11) is 3.84. The maximum atomic E-state index is 13.0. The van der Waals surface area contributed by atoms with Crippen LogP contribution >= 0.6 is 11.8 Å². The lowest BCUT2D eigenvalue weighted by molar-refractivity contribution is -0.147. The fourth-order valence-corrected chi connectivity index (χ4v) is 4.39. The molecule has 4 nitrogen and oxygen atoms in total. The highest BCUT2D eigenvalue weighted by Crippen LogP contribution is 2.42. The summed E-state index contributed by atoms with van der Waals surface area (Å²) in [5.41, 5.74) is 0.795. The predicted molar refractivity (Wildman–Crippen MR) is 96.0 cm³/mol. The first-order chi connectivity index (χ1) is 12.0. The Morgan fingerprint density at radius 1 is 1.28 bits per heavy atom. The van der Waals surface area contributed by atoms with E-state index in [0.29, 0.717) is 6.61 Å². The van der Waals surface area contributed by atoms with Crippen LogP contribution in [0.1, 0.15) is 18.9 Å². The van der Waals surface area contributed by atoms with Gasteiger partial charge in [-0.3, -0.25) is 4.99 Å². The number of thioether (sulfide) groups is 1. The van der Waals surface area contributed by atoms with E-state index in [-0.39, 0.29) is 29.9 Å². The number of nitrogens with zero attached hydrogens (tertiary/aromatic N) is 2. The summed E-state index contributed by atoms with van der Waals surface area (Å²) in [6.07, 6.45) is -3.42. The Kier molecular flexibility index (Phi) is 5.96. The number of halogens is 2. The number of benzene rings is 1. The second-order valence-corrected chi connectivity index (χ2v) is 7.77. The van der Waals surface area contributed by atoms with Gasteiger partial charge in [-0.2, -0.15) is 0 Å². The van der Waals surface area contributed by atoms with Crippen molar-refractivity contribution in [3.63, 3.8) is 0 Å². The molecule has 2 aliphatic rings. The van der Waals surface area contributed by atoms with Crippen molar-refractivity contribution < 1.29 is 18.3 Å². The molecule has 0 aliphatic carbocycles. The Balaban J connectivity index is 1.76. The third-order valence-corrected chi connectivity index (χ3v) is 5.89. The van der Waals surface area contributed by atoms with Crippen LogP contribution < -0.4 is 0 Å². The molecule has 7 heteroatoms. The Morgan fingerprint density at radius 3 is 2.64 bits per heavy atom. The Hall–Kier alpha value is -1.18. The molecule has 1 fully saturated rings. The Bertz CT molecular complexity index is 600. The number of rotatable bonds is 5. The van der Waals surface area contributed by atoms with Crippen LogP contribution in [0.2, 0.25) is 0 Å². The normalized spacial score (nSPS) is 31.8. The molecule has 25 heavy (non-hydrogen) atoms. The van der Waals surface area contributed by atoms with Gasteiger partial charge in [0, 0.05) is 26.4 Å². The molecular formula is C18H24F2N2O2S. The standard InChI is InChI=1S/C18H24F2N2O2S/c1-11-13(9-14(19)20)24-17-15(21-18(25-17)22(2)3)16(11)23-10-12-7-5-4-6-8-12/h4-8,11,13-17H,9-10H2,1-3H3/t11-,13-,15-,16+,17-/m1/s1. The second-order valence-electron chi connectivity index (χ2n) is 6.70. The molecule has 138 valence electrons. The molecule has 2 aliphatic heterocycles. The van der Waals surface area contributed by atoms with Gasteiger partial charge in [0.15, 0.2) is 5.17 Å². The van der Waals surface area contributed by atoms with Gasteiger partial charge in [-0.15, -0.1) is 0 Å². The summed E-state index contributed by atoms with van der Waals surface area (Å²) in [5, 5.41) is 0.855. The molecule has 3 rings (SSSR count). The molecule has 1 aromatic rings. The van der Waals surface area contributed by atoms with Crippen LogP contribution in [0.25, 0.3) is 0 Å². The number of fused-ring (bicyclic) bond motifs is 1. The lowest BCUT2D eigenvalue weighted by atomic mass is 9.88. The summed E-state index contributed by atoms with van der Waals surface area (Å²) in [5.74, 6) is -0.148. The molecule has 0 saturated carbocycles. The van der Waals surface area contributed by atoms with E-state index in [9.17, 15) is 8.78 Å². The van der Waals surface area contributed by atoms with Gasteiger partial charge in [-0.25, -0.2) is 8.78 Å². The highest BCUT2D eigenvalue weighted by molar-refractivity contribution is 8.14. The summed E-state index contributed by atoms with van der Waals surface area (Å²) in [6.45, 7) is 2.37. The minimum atomic E-state index is -2.39. The molecule has 0 spiro atoms. The molecule has 2 heterocycles. The Morgan fingerprint density at radius 2 is 2.00 bits per heavy atom. The quantitative estimate of drug-likeness (QED) is 0.793. The third kappa shape index (κ3) is 4.33. The molecule has 0 amide bonds. The lowest BCUT2D eigenvalue weighted by Gasteiger charge is -2.41. The SMILES string of the molecule is C[C@H]1[C@H](OCc2ccccc2)[C@H]2N=C(N(C)C)S[C@H]2O[C@@H]1CC(F)F. The van der Waals surface area contributed by atoms with Crippen molar-refractivity contribution in [2.24, 2.45) is 10.9 Å². The summed E-state index contributed by atoms with van der Waals surface area (Å²) in [6, 6.07) is 9.70. The zero-order valence-electron chi connectivity index (χ0n) is 14.6. The van der Waals surface area contributed by atoms with E-state index in [4.69, 9.17) is 14.5 Å². The van der Waals surface area contributed by atoms with Gasteiger partial charge < -0.3 is 14.4 Å². The lowest BCUT2D eigenvalue weighted by Crippen LogP contribution is -2.51. The summed E-state index contributed by atoms with van der Waals surface area (Å²) in [4.78, 5) is 6.66. The van der Waals surface area contributed by atoms with Crippen molar-refractivity contribution in [2.75, 3.05) is 14.1 Å². The first-order valence-electron chi connectivity index (χ1n) is 8.46. The van der Waals surface area contributed by atoms with E-state index in [0.717, 1.165) is 10.7 Å². The molecule has 1 aromatic carbocycles. The van der Waals surface area contributed by atoms with Crippen LogP contribution in [0.4, 0.5) is 8.78 Å². The molecule has 5 atom stereocenters. The van der Waals surface area contributed by atoms with Crippen LogP contribution in [-0.4, -0.2) is 54.3 Å². The van der Waals surface area contributed by atoms with Gasteiger partial charge in [-0.05, 0) is 5.56 Å². The van der Waals surface area contributed by atoms with Crippen LogP contribution in [0, 0.1) is 5.92 Å². The molecule has 0 aromatic heterocycles. The summed E-state index contributed by atoms with van der Waals surface area (Å²) >= 11 is 1.49. The number of aliphatic imine (C=N–C) groups is 1. The fraction of sp³-hybridized carbons (Fsp3) is 0.611. The maximum Gasteiger partial charge on any atom is 0.241 e. The number of alkyl halides is 2. The average Bonchev–Trinajstić information content (AvgIpc) is 2.99. The van der Waals surface area contributed by atoms with Crippen molar-refractivity contribution in [2.45, 2.75) is 50.1 Å². The molecule has 0 bridgehead atoms. The van der Waals surface area contributed by atoms with Crippen LogP contribution in [-0.2, 0) is 16.1 Å². The predicted octanol–water partition coefficient (Wildman–Crippen LogP) is 3.62. The Labute approximate surface area is 151 Å². The average molecular weight is 370 g/mol. The van der Waals surface area contributed by atoms with Crippen LogP contribution in [0.3, 0.4) is 0 Å². The van der Waals surface area contributed by atoms with Gasteiger partial charge in [0.25, 0.3) is 0 Å². The van der Waals surface area contributed by atoms with E-state index in [2.05, 4.69) is 0 Å². The van der Waals surface area contributed by atoms with Gasteiger partial charge in [-0.1, -0.05) is 49.0 Å². The number of ether oxygens (including phenoxy) is 2. The van der Waals surface area contributed by atoms with E-state index < -0.39 is 12.5 Å². The monoisotopic (exact) mass is 370 g/mol. The first kappa shape index (κ1) is 18.6. The molecule has 0 N–H and O–H groups in total. The smallest absolute Gasteiger partial charge is 0.241 e. The van der Waals surface area contributed by atoms with Crippen molar-refractivity contribution in [3.05, 3.63) is 35.9 Å². The van der Waals surface area contributed by atoms with E-state index >= 15 is 0 Å². The van der Waals surface area contributed by atoms with Crippen molar-refractivity contribution in [1.29, 1.82) is 0 Å². The van der Waals surface area contributed by atoms with Crippen molar-refractivity contribution in [3.8, 4) is 0 Å². The van der Waals surface area contributed by atoms with E-state index in [1.54, 1.807) is 0 Å². The van der Waals surface area contributed by atoms with E-state index in [1.807, 2.05) is 56.3 Å². The van der Waals surface area contributed by atoms with Gasteiger partial charge in [0.1, 0.15) is 11.5 Å². The number of amidine groups is 1. The van der Waals surface area contributed by atoms with Crippen LogP contribution in [0.15, 0.2) is 35.3 Å². The zero-order chi connectivity index (χ0) is 18.0. The van der Waals surface area contributed by atoms with E-state index in [1.165, 1.54) is 11.8 Å². The van der Waals surface area contributed by atoms with Gasteiger partial charge in [0.05, 0.1) is 18.8 Å². The molecule has 0 radical (unpaired) electrons. The minimum absolute atomic E-state index is 0.148. The van der Waals surface area contributed by atoms with Crippen molar-refractivity contribution >= 4 is 16.9 Å². The molecule has 1 saturated heterocycles.